The lowest BCUT2D eigenvalue weighted by Crippen LogP contribution is -2.38. The Kier molecular flexibility index (Phi) is 6.73. The molecule has 0 saturated carbocycles. The summed E-state index contributed by atoms with van der Waals surface area (Å²) in [7, 11) is -0.935. The zero-order valence-corrected chi connectivity index (χ0v) is 17.8. The Labute approximate surface area is 176 Å². The Morgan fingerprint density at radius 3 is 2.57 bits per heavy atom. The summed E-state index contributed by atoms with van der Waals surface area (Å²) in [6.07, 6.45) is 1.39. The Hall–Kier alpha value is -2.91. The SMILES string of the molecule is COc1ccc(S(=O)(=O)N(C)CC(=O)NCc2cccc(N3CCCC3=O)c2)cc1. The van der Waals surface area contributed by atoms with E-state index in [4.69, 9.17) is 4.74 Å². The molecule has 160 valence electrons. The Bertz CT molecular complexity index is 1020. The van der Waals surface area contributed by atoms with Crippen LogP contribution in [0.2, 0.25) is 0 Å². The average Bonchev–Trinajstić information content (AvgIpc) is 3.18. The molecular weight excluding hydrogens is 406 g/mol. The van der Waals surface area contributed by atoms with Crippen molar-refractivity contribution in [1.82, 2.24) is 9.62 Å². The Balaban J connectivity index is 1.58. The van der Waals surface area contributed by atoms with Crippen LogP contribution >= 0.6 is 0 Å². The van der Waals surface area contributed by atoms with Gasteiger partial charge in [-0.15, -0.1) is 0 Å². The van der Waals surface area contributed by atoms with Crippen LogP contribution in [0.4, 0.5) is 5.69 Å². The summed E-state index contributed by atoms with van der Waals surface area (Å²) in [5, 5.41) is 2.73. The summed E-state index contributed by atoms with van der Waals surface area (Å²) in [5.74, 6) is 0.228. The number of hydrogen-bond donors (Lipinski definition) is 1. The lowest BCUT2D eigenvalue weighted by atomic mass is 10.2. The number of carbonyl (C=O) groups is 2. The number of nitrogens with one attached hydrogen (secondary N) is 1. The average molecular weight is 432 g/mol. The van der Waals surface area contributed by atoms with Crippen LogP contribution in [0.3, 0.4) is 0 Å². The van der Waals surface area contributed by atoms with Gasteiger partial charge < -0.3 is 15.0 Å². The molecule has 9 heteroatoms. The van der Waals surface area contributed by atoms with Crippen LogP contribution in [-0.2, 0) is 26.2 Å². The topological polar surface area (TPSA) is 96.0 Å². The smallest absolute Gasteiger partial charge is 0.243 e. The number of rotatable bonds is 8. The number of methoxy groups -OCH3 is 1. The number of ether oxygens (including phenoxy) is 1. The zero-order valence-electron chi connectivity index (χ0n) is 17.0. The maximum absolute atomic E-state index is 12.6. The van der Waals surface area contributed by atoms with Crippen LogP contribution in [0.25, 0.3) is 0 Å². The molecule has 0 radical (unpaired) electrons. The van der Waals surface area contributed by atoms with Crippen LogP contribution in [0.5, 0.6) is 5.75 Å². The second kappa shape index (κ2) is 9.27. The molecule has 0 aromatic heterocycles. The fourth-order valence-electron chi connectivity index (χ4n) is 3.23. The molecule has 1 aliphatic heterocycles. The second-order valence-corrected chi connectivity index (χ2v) is 9.08. The van der Waals surface area contributed by atoms with Gasteiger partial charge in [0.2, 0.25) is 21.8 Å². The van der Waals surface area contributed by atoms with Gasteiger partial charge in [0.25, 0.3) is 0 Å². The fraction of sp³-hybridized carbons (Fsp3) is 0.333. The maximum atomic E-state index is 12.6. The van der Waals surface area contributed by atoms with Crippen molar-refractivity contribution >= 4 is 27.5 Å². The minimum absolute atomic E-state index is 0.0848. The highest BCUT2D eigenvalue weighted by Gasteiger charge is 2.23. The first-order chi connectivity index (χ1) is 14.3. The van der Waals surface area contributed by atoms with Crippen molar-refractivity contribution in [3.8, 4) is 5.75 Å². The summed E-state index contributed by atoms with van der Waals surface area (Å²) in [6, 6.07) is 13.4. The molecule has 0 aliphatic carbocycles. The summed E-state index contributed by atoms with van der Waals surface area (Å²) in [4.78, 5) is 26.0. The van der Waals surface area contributed by atoms with E-state index >= 15 is 0 Å². The minimum Gasteiger partial charge on any atom is -0.497 e. The van der Waals surface area contributed by atoms with Crippen LogP contribution in [0, 0.1) is 0 Å². The molecule has 8 nitrogen and oxygen atoms in total. The van der Waals surface area contributed by atoms with E-state index in [0.29, 0.717) is 18.7 Å². The van der Waals surface area contributed by atoms with Crippen molar-refractivity contribution in [3.63, 3.8) is 0 Å². The Morgan fingerprint density at radius 2 is 1.93 bits per heavy atom. The number of nitrogens with zero attached hydrogens (tertiary/aromatic N) is 2. The predicted octanol–water partition coefficient (Wildman–Crippen LogP) is 1.76. The maximum Gasteiger partial charge on any atom is 0.243 e. The van der Waals surface area contributed by atoms with Crippen LogP contribution in [-0.4, -0.2) is 51.8 Å². The van der Waals surface area contributed by atoms with Gasteiger partial charge in [-0.3, -0.25) is 9.59 Å². The molecule has 2 aromatic rings. The summed E-state index contributed by atoms with van der Waals surface area (Å²) in [6.45, 7) is 0.631. The van der Waals surface area contributed by atoms with Gasteiger partial charge in [0.1, 0.15) is 5.75 Å². The number of benzene rings is 2. The van der Waals surface area contributed by atoms with E-state index in [0.717, 1.165) is 22.0 Å². The van der Waals surface area contributed by atoms with Crippen molar-refractivity contribution in [2.75, 3.05) is 32.1 Å². The van der Waals surface area contributed by atoms with E-state index in [1.54, 1.807) is 17.0 Å². The number of hydrogen-bond acceptors (Lipinski definition) is 5. The van der Waals surface area contributed by atoms with E-state index in [1.165, 1.54) is 26.3 Å². The van der Waals surface area contributed by atoms with Gasteiger partial charge in [-0.2, -0.15) is 4.31 Å². The summed E-state index contributed by atoms with van der Waals surface area (Å²) < 4.78 is 31.3. The number of amides is 2. The first-order valence-electron chi connectivity index (χ1n) is 9.57. The molecule has 1 N–H and O–H groups in total. The van der Waals surface area contributed by atoms with Gasteiger partial charge in [-0.05, 0) is 48.4 Å². The molecule has 3 rings (SSSR count). The molecule has 0 spiro atoms. The quantitative estimate of drug-likeness (QED) is 0.687. The van der Waals surface area contributed by atoms with Crippen molar-refractivity contribution < 1.29 is 22.7 Å². The minimum atomic E-state index is -3.79. The van der Waals surface area contributed by atoms with Crippen molar-refractivity contribution in [2.45, 2.75) is 24.3 Å². The third-order valence-electron chi connectivity index (χ3n) is 4.92. The van der Waals surface area contributed by atoms with Gasteiger partial charge in [0, 0.05) is 32.2 Å². The predicted molar refractivity (Wildman–Crippen MR) is 113 cm³/mol. The number of likely N-dealkylation sites (N-methyl/N-ethyl adjacent to an activating group) is 1. The van der Waals surface area contributed by atoms with Gasteiger partial charge >= 0.3 is 0 Å². The van der Waals surface area contributed by atoms with Crippen LogP contribution < -0.4 is 15.0 Å². The molecule has 1 aliphatic rings. The van der Waals surface area contributed by atoms with Crippen molar-refractivity contribution in [3.05, 3.63) is 54.1 Å². The molecule has 30 heavy (non-hydrogen) atoms. The summed E-state index contributed by atoms with van der Waals surface area (Å²) in [5.41, 5.74) is 1.64. The first kappa shape index (κ1) is 21.8. The molecule has 0 bridgehead atoms. The van der Waals surface area contributed by atoms with E-state index < -0.39 is 15.9 Å². The number of anilines is 1. The highest BCUT2D eigenvalue weighted by Crippen LogP contribution is 2.22. The molecule has 2 aromatic carbocycles. The lowest BCUT2D eigenvalue weighted by Gasteiger charge is -2.18. The van der Waals surface area contributed by atoms with Gasteiger partial charge in [0.15, 0.2) is 0 Å². The van der Waals surface area contributed by atoms with E-state index in [-0.39, 0.29) is 23.9 Å². The first-order valence-corrected chi connectivity index (χ1v) is 11.0. The highest BCUT2D eigenvalue weighted by atomic mass is 32.2. The molecule has 0 atom stereocenters. The standard InChI is InChI=1S/C21H25N3O5S/c1-23(30(27,28)19-10-8-18(29-2)9-11-19)15-20(25)22-14-16-5-3-6-17(13-16)24-12-4-7-21(24)26/h3,5-6,8-11,13H,4,7,12,14-15H2,1-2H3,(H,22,25). The lowest BCUT2D eigenvalue weighted by molar-refractivity contribution is -0.121. The molecule has 0 unspecified atom stereocenters. The number of carbonyl (C=O) groups excluding carboxylic acids is 2. The van der Waals surface area contributed by atoms with Crippen LogP contribution in [0.1, 0.15) is 18.4 Å². The van der Waals surface area contributed by atoms with E-state index in [2.05, 4.69) is 5.32 Å². The van der Waals surface area contributed by atoms with Gasteiger partial charge in [-0.1, -0.05) is 12.1 Å². The van der Waals surface area contributed by atoms with Gasteiger partial charge in [0.05, 0.1) is 18.6 Å². The van der Waals surface area contributed by atoms with E-state index in [1.807, 2.05) is 24.3 Å². The third-order valence-corrected chi connectivity index (χ3v) is 6.74. The molecule has 1 heterocycles. The monoisotopic (exact) mass is 431 g/mol. The zero-order chi connectivity index (χ0) is 21.7. The highest BCUT2D eigenvalue weighted by molar-refractivity contribution is 7.89. The second-order valence-electron chi connectivity index (χ2n) is 7.03. The van der Waals surface area contributed by atoms with E-state index in [9.17, 15) is 18.0 Å². The largest absolute Gasteiger partial charge is 0.497 e. The number of sulfonamides is 1. The Morgan fingerprint density at radius 1 is 1.20 bits per heavy atom. The van der Waals surface area contributed by atoms with Crippen molar-refractivity contribution in [1.29, 1.82) is 0 Å². The van der Waals surface area contributed by atoms with Gasteiger partial charge in [-0.25, -0.2) is 8.42 Å². The molecule has 1 fully saturated rings. The fourth-order valence-corrected chi connectivity index (χ4v) is 4.35. The summed E-state index contributed by atoms with van der Waals surface area (Å²) >= 11 is 0. The molecular formula is C21H25N3O5S. The third kappa shape index (κ3) is 4.98. The molecule has 1 saturated heterocycles. The van der Waals surface area contributed by atoms with Crippen LogP contribution in [0.15, 0.2) is 53.4 Å². The van der Waals surface area contributed by atoms with Crippen molar-refractivity contribution in [2.24, 2.45) is 0 Å². The normalized spacial score (nSPS) is 14.2. The molecule has 2 amide bonds.